The fraction of sp³-hybridized carbons (Fsp3) is 0.172. The lowest BCUT2D eigenvalue weighted by molar-refractivity contribution is 0.102. The molecule has 0 aliphatic rings. The number of rotatable bonds is 12. The molecular formula is C29H28N6O5. The molecule has 204 valence electrons. The first-order chi connectivity index (χ1) is 19.4. The van der Waals surface area contributed by atoms with Crippen molar-refractivity contribution in [3.8, 4) is 5.75 Å². The first kappa shape index (κ1) is 26.6. The molecular weight excluding hydrogens is 512 g/mol. The Bertz CT molecular complexity index is 1740. The third kappa shape index (κ3) is 5.85. The van der Waals surface area contributed by atoms with Gasteiger partial charge in [-0.15, -0.1) is 0 Å². The minimum absolute atomic E-state index is 0.113. The van der Waals surface area contributed by atoms with E-state index in [1.165, 1.54) is 0 Å². The standard InChI is InChI=1S/C29H28N6O5/c1-40-11-10-30-15-17-4-2-6-19(12-17)29(39)33-28-22-14-20(8-9-23(22)34-35-28)32-25-24(26(37)27(25)38)31-16-18-5-3-7-21(36)13-18/h2-9,12-14,30-32,36H,10-11,15-16H2,1H3,(H2,33,34,35,39). The van der Waals surface area contributed by atoms with Gasteiger partial charge in [-0.25, -0.2) is 0 Å². The SMILES string of the molecule is COCCNCc1cccc(C(=O)Nc2n[nH]c3ccc(Nc4c(NCc5cccc(O)c5)c(=O)c4=O)cc23)c1. The summed E-state index contributed by atoms with van der Waals surface area (Å²) in [6, 6.07) is 19.2. The maximum atomic E-state index is 13.0. The molecule has 0 spiro atoms. The molecule has 0 atom stereocenters. The molecule has 0 radical (unpaired) electrons. The molecule has 6 N–H and O–H groups in total. The lowest BCUT2D eigenvalue weighted by Gasteiger charge is -2.15. The quantitative estimate of drug-likeness (QED) is 0.103. The monoisotopic (exact) mass is 540 g/mol. The van der Waals surface area contributed by atoms with E-state index in [1.54, 1.807) is 55.6 Å². The van der Waals surface area contributed by atoms with E-state index in [2.05, 4.69) is 31.5 Å². The van der Waals surface area contributed by atoms with Crippen LogP contribution in [0.2, 0.25) is 0 Å². The van der Waals surface area contributed by atoms with Gasteiger partial charge in [0, 0.05) is 43.4 Å². The van der Waals surface area contributed by atoms with Gasteiger partial charge in [-0.3, -0.25) is 19.5 Å². The first-order valence-corrected chi connectivity index (χ1v) is 12.6. The maximum Gasteiger partial charge on any atom is 0.256 e. The number of phenols is 1. The van der Waals surface area contributed by atoms with E-state index < -0.39 is 10.9 Å². The highest BCUT2D eigenvalue weighted by Crippen LogP contribution is 2.28. The van der Waals surface area contributed by atoms with Crippen LogP contribution in [-0.4, -0.2) is 41.5 Å². The van der Waals surface area contributed by atoms with Gasteiger partial charge < -0.3 is 31.1 Å². The predicted octanol–water partition coefficient (Wildman–Crippen LogP) is 3.21. The molecule has 40 heavy (non-hydrogen) atoms. The second-order valence-corrected chi connectivity index (χ2v) is 9.21. The number of ether oxygens (including phenoxy) is 1. The van der Waals surface area contributed by atoms with E-state index in [1.807, 2.05) is 18.2 Å². The summed E-state index contributed by atoms with van der Waals surface area (Å²) in [6.07, 6.45) is 0. The zero-order valence-corrected chi connectivity index (χ0v) is 21.7. The average molecular weight is 541 g/mol. The van der Waals surface area contributed by atoms with Crippen LogP contribution in [0.4, 0.5) is 22.9 Å². The van der Waals surface area contributed by atoms with Crippen LogP contribution in [0.25, 0.3) is 10.9 Å². The van der Waals surface area contributed by atoms with Crippen LogP contribution < -0.4 is 32.1 Å². The Hall–Kier alpha value is -5.00. The minimum atomic E-state index is -0.629. The van der Waals surface area contributed by atoms with E-state index in [0.29, 0.717) is 47.7 Å². The molecule has 0 unspecified atom stereocenters. The van der Waals surface area contributed by atoms with E-state index in [9.17, 15) is 19.5 Å². The number of hydrogen-bond acceptors (Lipinski definition) is 9. The average Bonchev–Trinajstić information content (AvgIpc) is 3.36. The van der Waals surface area contributed by atoms with Crippen molar-refractivity contribution in [1.82, 2.24) is 15.5 Å². The van der Waals surface area contributed by atoms with Gasteiger partial charge in [0.2, 0.25) is 0 Å². The Morgan fingerprint density at radius 3 is 2.52 bits per heavy atom. The Morgan fingerprint density at radius 2 is 1.73 bits per heavy atom. The number of aromatic amines is 1. The Kier molecular flexibility index (Phi) is 7.85. The predicted molar refractivity (Wildman–Crippen MR) is 154 cm³/mol. The molecule has 0 bridgehead atoms. The number of fused-ring (bicyclic) bond motifs is 1. The van der Waals surface area contributed by atoms with Crippen LogP contribution in [0.5, 0.6) is 5.75 Å². The van der Waals surface area contributed by atoms with E-state index in [4.69, 9.17) is 4.74 Å². The molecule has 0 saturated heterocycles. The maximum absolute atomic E-state index is 13.0. The second kappa shape index (κ2) is 11.8. The van der Waals surface area contributed by atoms with Crippen LogP contribution >= 0.6 is 0 Å². The molecule has 0 aliphatic heterocycles. The van der Waals surface area contributed by atoms with Crippen molar-refractivity contribution in [3.05, 3.63) is 104 Å². The number of aromatic hydroxyl groups is 1. The van der Waals surface area contributed by atoms with Crippen molar-refractivity contribution in [2.45, 2.75) is 13.1 Å². The van der Waals surface area contributed by atoms with Crippen molar-refractivity contribution in [2.24, 2.45) is 0 Å². The van der Waals surface area contributed by atoms with Crippen molar-refractivity contribution < 1.29 is 14.6 Å². The smallest absolute Gasteiger partial charge is 0.256 e. The molecule has 5 aromatic rings. The summed E-state index contributed by atoms with van der Waals surface area (Å²) in [5, 5.41) is 29.5. The molecule has 11 nitrogen and oxygen atoms in total. The minimum Gasteiger partial charge on any atom is -0.508 e. The van der Waals surface area contributed by atoms with Crippen molar-refractivity contribution >= 4 is 39.7 Å². The first-order valence-electron chi connectivity index (χ1n) is 12.6. The molecule has 0 aliphatic carbocycles. The summed E-state index contributed by atoms with van der Waals surface area (Å²) in [5.74, 6) is 0.132. The van der Waals surface area contributed by atoms with Crippen LogP contribution in [0.3, 0.4) is 0 Å². The zero-order valence-electron chi connectivity index (χ0n) is 21.7. The van der Waals surface area contributed by atoms with Gasteiger partial charge in [0.25, 0.3) is 16.8 Å². The molecule has 4 aromatic carbocycles. The van der Waals surface area contributed by atoms with Gasteiger partial charge in [0.05, 0.1) is 12.1 Å². The van der Waals surface area contributed by atoms with Gasteiger partial charge in [-0.1, -0.05) is 24.3 Å². The third-order valence-electron chi connectivity index (χ3n) is 6.36. The number of nitrogens with one attached hydrogen (secondary N) is 5. The second-order valence-electron chi connectivity index (χ2n) is 9.21. The number of aromatic nitrogens is 2. The number of anilines is 4. The topological polar surface area (TPSA) is 157 Å². The molecule has 1 heterocycles. The number of carbonyl (C=O) groups is 1. The number of hydrogen-bond donors (Lipinski definition) is 6. The number of methoxy groups -OCH3 is 1. The fourth-order valence-corrected chi connectivity index (χ4v) is 4.28. The van der Waals surface area contributed by atoms with Gasteiger partial charge in [-0.2, -0.15) is 5.10 Å². The van der Waals surface area contributed by atoms with Gasteiger partial charge >= 0.3 is 0 Å². The van der Waals surface area contributed by atoms with Crippen molar-refractivity contribution in [1.29, 1.82) is 0 Å². The third-order valence-corrected chi connectivity index (χ3v) is 6.36. The Morgan fingerprint density at radius 1 is 0.950 bits per heavy atom. The van der Waals surface area contributed by atoms with Crippen LogP contribution in [-0.2, 0) is 17.8 Å². The molecule has 1 amide bonds. The van der Waals surface area contributed by atoms with Crippen molar-refractivity contribution in [3.63, 3.8) is 0 Å². The van der Waals surface area contributed by atoms with Gasteiger partial charge in [0.1, 0.15) is 17.1 Å². The highest BCUT2D eigenvalue weighted by molar-refractivity contribution is 6.08. The summed E-state index contributed by atoms with van der Waals surface area (Å²) in [7, 11) is 1.64. The lowest BCUT2D eigenvalue weighted by Crippen LogP contribution is -2.36. The summed E-state index contributed by atoms with van der Waals surface area (Å²) < 4.78 is 5.04. The number of amides is 1. The summed E-state index contributed by atoms with van der Waals surface area (Å²) in [5.41, 5.74) is 2.51. The van der Waals surface area contributed by atoms with Crippen LogP contribution in [0, 0.1) is 0 Å². The number of benzene rings is 3. The highest BCUT2D eigenvalue weighted by Gasteiger charge is 2.21. The van der Waals surface area contributed by atoms with Crippen LogP contribution in [0.15, 0.2) is 76.3 Å². The normalized spacial score (nSPS) is 11.1. The number of carbonyl (C=O) groups excluding carboxylic acids is 1. The van der Waals surface area contributed by atoms with Crippen LogP contribution in [0.1, 0.15) is 21.5 Å². The van der Waals surface area contributed by atoms with E-state index >= 15 is 0 Å². The highest BCUT2D eigenvalue weighted by atomic mass is 16.5. The van der Waals surface area contributed by atoms with E-state index in [-0.39, 0.29) is 29.6 Å². The summed E-state index contributed by atoms with van der Waals surface area (Å²) >= 11 is 0. The van der Waals surface area contributed by atoms with Crippen molar-refractivity contribution in [2.75, 3.05) is 36.2 Å². The number of H-pyrrole nitrogens is 1. The lowest BCUT2D eigenvalue weighted by atomic mass is 10.1. The number of phenolic OH excluding ortho intramolecular Hbond substituents is 1. The Balaban J connectivity index is 1.29. The molecule has 11 heteroatoms. The Labute approximate surface area is 228 Å². The zero-order chi connectivity index (χ0) is 28.1. The summed E-state index contributed by atoms with van der Waals surface area (Å²) in [4.78, 5) is 37.5. The molecule has 5 rings (SSSR count). The molecule has 0 saturated carbocycles. The van der Waals surface area contributed by atoms with Gasteiger partial charge in [-0.05, 0) is 53.6 Å². The molecule has 1 aromatic heterocycles. The summed E-state index contributed by atoms with van der Waals surface area (Å²) in [6.45, 7) is 2.16. The van der Waals surface area contributed by atoms with E-state index in [0.717, 1.165) is 11.1 Å². The molecule has 0 fully saturated rings. The van der Waals surface area contributed by atoms with Gasteiger partial charge in [0.15, 0.2) is 5.82 Å². The fourth-order valence-electron chi connectivity index (χ4n) is 4.28. The number of nitrogens with zero attached hydrogens (tertiary/aromatic N) is 1. The largest absolute Gasteiger partial charge is 0.508 e.